The van der Waals surface area contributed by atoms with Crippen molar-refractivity contribution >= 4 is 18.4 Å². The summed E-state index contributed by atoms with van der Waals surface area (Å²) in [7, 11) is 0. The number of rotatable bonds is 3. The molecule has 1 aromatic rings. The fourth-order valence-electron chi connectivity index (χ4n) is 1.32. The molecule has 0 aliphatic carbocycles. The summed E-state index contributed by atoms with van der Waals surface area (Å²) < 4.78 is 0. The summed E-state index contributed by atoms with van der Waals surface area (Å²) in [4.78, 5) is 14.5. The molecule has 3 nitrogen and oxygen atoms in total. The monoisotopic (exact) mass is 215 g/mol. The molecule has 1 rings (SSSR count). The highest BCUT2D eigenvalue weighted by atomic mass is 35.5. The van der Waals surface area contributed by atoms with E-state index in [2.05, 4.69) is 4.98 Å². The van der Waals surface area contributed by atoms with Crippen LogP contribution in [0.2, 0.25) is 0 Å². The molecule has 78 valence electrons. The van der Waals surface area contributed by atoms with Crippen molar-refractivity contribution in [3.8, 4) is 0 Å². The summed E-state index contributed by atoms with van der Waals surface area (Å²) in [6.07, 6.45) is 0.766. The second-order valence-electron chi connectivity index (χ2n) is 3.15. The maximum absolute atomic E-state index is 10.3. The van der Waals surface area contributed by atoms with E-state index >= 15 is 0 Å². The van der Waals surface area contributed by atoms with E-state index in [1.54, 1.807) is 0 Å². The Labute approximate surface area is 89.6 Å². The number of hydrogen-bond acceptors (Lipinski definition) is 2. The predicted molar refractivity (Wildman–Crippen MR) is 56.9 cm³/mol. The molecule has 4 heteroatoms. The van der Waals surface area contributed by atoms with Crippen molar-refractivity contribution in [2.24, 2.45) is 0 Å². The zero-order valence-electron chi connectivity index (χ0n) is 8.28. The number of aliphatic carboxylic acids is 1. The van der Waals surface area contributed by atoms with Gasteiger partial charge in [-0.05, 0) is 38.0 Å². The molecule has 0 saturated carbocycles. The van der Waals surface area contributed by atoms with Gasteiger partial charge in [-0.15, -0.1) is 12.4 Å². The molecular weight excluding hydrogens is 202 g/mol. The van der Waals surface area contributed by atoms with Gasteiger partial charge in [0.05, 0.1) is 0 Å². The van der Waals surface area contributed by atoms with Crippen LogP contribution in [0.25, 0.3) is 0 Å². The predicted octanol–water partition coefficient (Wildman–Crippen LogP) is 2.14. The van der Waals surface area contributed by atoms with Crippen LogP contribution in [0.3, 0.4) is 0 Å². The highest BCUT2D eigenvalue weighted by Gasteiger charge is 2.00. The molecule has 1 heterocycles. The Kier molecular flexibility index (Phi) is 5.16. The Hall–Kier alpha value is -1.09. The van der Waals surface area contributed by atoms with E-state index in [-0.39, 0.29) is 18.8 Å². The van der Waals surface area contributed by atoms with Gasteiger partial charge in [-0.1, -0.05) is 0 Å². The first kappa shape index (κ1) is 12.9. The van der Waals surface area contributed by atoms with Crippen molar-refractivity contribution in [3.63, 3.8) is 0 Å². The van der Waals surface area contributed by atoms with E-state index in [1.165, 1.54) is 0 Å². The molecule has 0 atom stereocenters. The third-order valence-electron chi connectivity index (χ3n) is 1.77. The molecule has 14 heavy (non-hydrogen) atoms. The zero-order chi connectivity index (χ0) is 9.84. The Morgan fingerprint density at radius 1 is 1.36 bits per heavy atom. The van der Waals surface area contributed by atoms with Gasteiger partial charge in [0.25, 0.3) is 0 Å². The minimum atomic E-state index is -0.757. The summed E-state index contributed by atoms with van der Waals surface area (Å²) in [5.41, 5.74) is 2.94. The average molecular weight is 216 g/mol. The molecular formula is C10H14ClNO2. The third kappa shape index (κ3) is 4.23. The summed E-state index contributed by atoms with van der Waals surface area (Å²) in [6.45, 7) is 3.83. The van der Waals surface area contributed by atoms with Gasteiger partial charge < -0.3 is 5.11 Å². The number of carboxylic acids is 1. The first-order valence-electron chi connectivity index (χ1n) is 4.24. The zero-order valence-corrected chi connectivity index (χ0v) is 9.10. The first-order valence-corrected chi connectivity index (χ1v) is 4.24. The first-order chi connectivity index (χ1) is 6.08. The summed E-state index contributed by atoms with van der Waals surface area (Å²) in [6, 6.07) is 3.85. The van der Waals surface area contributed by atoms with Gasteiger partial charge in [-0.25, -0.2) is 0 Å². The summed E-state index contributed by atoms with van der Waals surface area (Å²) >= 11 is 0. The number of hydrogen-bond donors (Lipinski definition) is 1. The van der Waals surface area contributed by atoms with Crippen LogP contribution in [0, 0.1) is 13.8 Å². The maximum Gasteiger partial charge on any atom is 0.303 e. The van der Waals surface area contributed by atoms with Crippen LogP contribution in [-0.2, 0) is 11.2 Å². The number of carbonyl (C=O) groups is 1. The average Bonchev–Trinajstić information content (AvgIpc) is 1.99. The molecule has 0 amide bonds. The number of carboxylic acid groups (broad SMARTS) is 1. The molecule has 0 bridgehead atoms. The van der Waals surface area contributed by atoms with Crippen molar-refractivity contribution in [2.45, 2.75) is 26.7 Å². The van der Waals surface area contributed by atoms with E-state index in [9.17, 15) is 4.79 Å². The Balaban J connectivity index is 0.00000169. The van der Waals surface area contributed by atoms with E-state index in [4.69, 9.17) is 5.11 Å². The minimum Gasteiger partial charge on any atom is -0.481 e. The SMILES string of the molecule is Cc1cc(CCC(=O)O)cc(C)n1.Cl. The van der Waals surface area contributed by atoms with Crippen molar-refractivity contribution in [1.82, 2.24) is 4.98 Å². The number of nitrogens with zero attached hydrogens (tertiary/aromatic N) is 1. The lowest BCUT2D eigenvalue weighted by atomic mass is 10.1. The van der Waals surface area contributed by atoms with Gasteiger partial charge in [0.15, 0.2) is 0 Å². The highest BCUT2D eigenvalue weighted by molar-refractivity contribution is 5.85. The molecule has 0 fully saturated rings. The van der Waals surface area contributed by atoms with Gasteiger partial charge in [-0.3, -0.25) is 9.78 Å². The normalized spacial score (nSPS) is 9.29. The second kappa shape index (κ2) is 5.60. The van der Waals surface area contributed by atoms with E-state index in [0.717, 1.165) is 17.0 Å². The molecule has 1 aromatic heterocycles. The number of pyridine rings is 1. The smallest absolute Gasteiger partial charge is 0.303 e. The minimum absolute atomic E-state index is 0. The fraction of sp³-hybridized carbons (Fsp3) is 0.400. The van der Waals surface area contributed by atoms with Crippen LogP contribution in [0.5, 0.6) is 0 Å². The Morgan fingerprint density at radius 2 is 1.86 bits per heavy atom. The molecule has 1 N–H and O–H groups in total. The summed E-state index contributed by atoms with van der Waals surface area (Å²) in [5, 5.41) is 8.50. The van der Waals surface area contributed by atoms with Crippen molar-refractivity contribution in [3.05, 3.63) is 29.1 Å². The van der Waals surface area contributed by atoms with Crippen LogP contribution in [-0.4, -0.2) is 16.1 Å². The standard InChI is InChI=1S/C10H13NO2.ClH/c1-7-5-9(3-4-10(12)13)6-8(2)11-7;/h5-6H,3-4H2,1-2H3,(H,12,13);1H. The maximum atomic E-state index is 10.3. The van der Waals surface area contributed by atoms with Gasteiger partial charge in [0.2, 0.25) is 0 Å². The lowest BCUT2D eigenvalue weighted by Crippen LogP contribution is -1.99. The lowest BCUT2D eigenvalue weighted by Gasteiger charge is -2.01. The van der Waals surface area contributed by atoms with Gasteiger partial charge in [0, 0.05) is 17.8 Å². The third-order valence-corrected chi connectivity index (χ3v) is 1.77. The largest absolute Gasteiger partial charge is 0.481 e. The van der Waals surface area contributed by atoms with Gasteiger partial charge >= 0.3 is 5.97 Å². The lowest BCUT2D eigenvalue weighted by molar-refractivity contribution is -0.136. The van der Waals surface area contributed by atoms with Crippen LogP contribution in [0.15, 0.2) is 12.1 Å². The molecule has 0 aliphatic heterocycles. The summed E-state index contributed by atoms with van der Waals surface area (Å²) in [5.74, 6) is -0.757. The molecule has 0 saturated heterocycles. The van der Waals surface area contributed by atoms with Crippen molar-refractivity contribution in [2.75, 3.05) is 0 Å². The quantitative estimate of drug-likeness (QED) is 0.841. The van der Waals surface area contributed by atoms with Crippen LogP contribution < -0.4 is 0 Å². The number of aromatic nitrogens is 1. The molecule has 0 aromatic carbocycles. The van der Waals surface area contributed by atoms with Crippen LogP contribution >= 0.6 is 12.4 Å². The van der Waals surface area contributed by atoms with Crippen molar-refractivity contribution < 1.29 is 9.90 Å². The fourth-order valence-corrected chi connectivity index (χ4v) is 1.32. The number of aryl methyl sites for hydroxylation is 3. The van der Waals surface area contributed by atoms with Crippen LogP contribution in [0.4, 0.5) is 0 Å². The number of halogens is 1. The molecule has 0 spiro atoms. The molecule has 0 unspecified atom stereocenters. The second-order valence-corrected chi connectivity index (χ2v) is 3.15. The van der Waals surface area contributed by atoms with Gasteiger partial charge in [0.1, 0.15) is 0 Å². The van der Waals surface area contributed by atoms with E-state index < -0.39 is 5.97 Å². The highest BCUT2D eigenvalue weighted by Crippen LogP contribution is 2.07. The Morgan fingerprint density at radius 3 is 2.29 bits per heavy atom. The molecule has 0 radical (unpaired) electrons. The van der Waals surface area contributed by atoms with E-state index in [1.807, 2.05) is 26.0 Å². The topological polar surface area (TPSA) is 50.2 Å². The van der Waals surface area contributed by atoms with Crippen molar-refractivity contribution in [1.29, 1.82) is 0 Å². The van der Waals surface area contributed by atoms with E-state index in [0.29, 0.717) is 6.42 Å². The molecule has 0 aliphatic rings. The van der Waals surface area contributed by atoms with Gasteiger partial charge in [-0.2, -0.15) is 0 Å². The van der Waals surface area contributed by atoms with Crippen LogP contribution in [0.1, 0.15) is 23.4 Å². The Bertz CT molecular complexity index is 306.